The third kappa shape index (κ3) is 3.68. The van der Waals surface area contributed by atoms with Crippen LogP contribution in [-0.2, 0) is 4.79 Å². The monoisotopic (exact) mass is 317 g/mol. The van der Waals surface area contributed by atoms with E-state index in [1.54, 1.807) is 33.2 Å². The molecule has 1 aromatic heterocycles. The molecule has 2 aromatic rings. The highest BCUT2D eigenvalue weighted by Gasteiger charge is 2.22. The molecule has 0 aliphatic heterocycles. The Kier molecular flexibility index (Phi) is 5.00. The first kappa shape index (κ1) is 16.5. The molecule has 122 valence electrons. The second kappa shape index (κ2) is 6.95. The van der Waals surface area contributed by atoms with Crippen molar-refractivity contribution in [2.75, 3.05) is 20.7 Å². The number of methoxy groups -OCH3 is 1. The van der Waals surface area contributed by atoms with Crippen molar-refractivity contribution in [1.29, 1.82) is 0 Å². The summed E-state index contributed by atoms with van der Waals surface area (Å²) in [7, 11) is 3.16. The normalized spacial score (nSPS) is 11.8. The van der Waals surface area contributed by atoms with Crippen LogP contribution in [0.5, 0.6) is 5.75 Å². The summed E-state index contributed by atoms with van der Waals surface area (Å²) in [6.45, 7) is 1.69. The maximum absolute atomic E-state index is 12.5. The van der Waals surface area contributed by atoms with Gasteiger partial charge in [0.2, 0.25) is 0 Å². The van der Waals surface area contributed by atoms with E-state index in [1.807, 2.05) is 12.1 Å². The fraction of sp³-hybridized carbons (Fsp3) is 0.312. The van der Waals surface area contributed by atoms with Crippen molar-refractivity contribution < 1.29 is 19.4 Å². The predicted molar refractivity (Wildman–Crippen MR) is 84.3 cm³/mol. The molecule has 0 bridgehead atoms. The number of ether oxygens (including phenoxy) is 1. The molecule has 0 saturated carbocycles. The number of nitrogens with zero attached hydrogens (tertiary/aromatic N) is 2. The Labute approximate surface area is 133 Å². The minimum atomic E-state index is -0.938. The number of aromatic amines is 1. The van der Waals surface area contributed by atoms with Crippen molar-refractivity contribution in [2.24, 2.45) is 5.92 Å². The van der Waals surface area contributed by atoms with Crippen LogP contribution in [0.3, 0.4) is 0 Å². The summed E-state index contributed by atoms with van der Waals surface area (Å²) >= 11 is 0. The number of aliphatic carboxylic acids is 1. The summed E-state index contributed by atoms with van der Waals surface area (Å²) in [6, 6.07) is 7.23. The van der Waals surface area contributed by atoms with Crippen molar-refractivity contribution in [1.82, 2.24) is 15.1 Å². The average Bonchev–Trinajstić information content (AvgIpc) is 3.03. The highest BCUT2D eigenvalue weighted by Crippen LogP contribution is 2.24. The molecule has 7 heteroatoms. The lowest BCUT2D eigenvalue weighted by Crippen LogP contribution is -2.33. The SMILES string of the molecule is COc1ccc(-c2[nH]ncc2C(=O)N(C)C[C@@H](C)C(=O)O)cc1. The van der Waals surface area contributed by atoms with Gasteiger partial charge in [0.05, 0.1) is 30.5 Å². The van der Waals surface area contributed by atoms with Crippen LogP contribution in [-0.4, -0.2) is 52.8 Å². The third-order valence-corrected chi connectivity index (χ3v) is 3.56. The first-order valence-corrected chi connectivity index (χ1v) is 7.10. The van der Waals surface area contributed by atoms with Crippen LogP contribution in [0.4, 0.5) is 0 Å². The van der Waals surface area contributed by atoms with Crippen molar-refractivity contribution in [3.05, 3.63) is 36.0 Å². The zero-order valence-electron chi connectivity index (χ0n) is 13.2. The van der Waals surface area contributed by atoms with Crippen molar-refractivity contribution >= 4 is 11.9 Å². The maximum Gasteiger partial charge on any atom is 0.308 e. The molecule has 1 atom stereocenters. The van der Waals surface area contributed by atoms with Gasteiger partial charge in [-0.2, -0.15) is 5.10 Å². The quantitative estimate of drug-likeness (QED) is 0.848. The number of carboxylic acid groups (broad SMARTS) is 1. The molecule has 0 fully saturated rings. The van der Waals surface area contributed by atoms with Gasteiger partial charge >= 0.3 is 5.97 Å². The molecule has 23 heavy (non-hydrogen) atoms. The number of rotatable bonds is 6. The number of nitrogens with one attached hydrogen (secondary N) is 1. The molecule has 0 aliphatic carbocycles. The average molecular weight is 317 g/mol. The van der Waals surface area contributed by atoms with E-state index in [0.717, 1.165) is 5.56 Å². The minimum absolute atomic E-state index is 0.126. The molecular weight excluding hydrogens is 298 g/mol. The van der Waals surface area contributed by atoms with Crippen molar-refractivity contribution in [3.63, 3.8) is 0 Å². The highest BCUT2D eigenvalue weighted by molar-refractivity contribution is 5.99. The topological polar surface area (TPSA) is 95.5 Å². The highest BCUT2D eigenvalue weighted by atomic mass is 16.5. The first-order valence-electron chi connectivity index (χ1n) is 7.10. The minimum Gasteiger partial charge on any atom is -0.497 e. The smallest absolute Gasteiger partial charge is 0.308 e. The number of carbonyl (C=O) groups is 2. The molecule has 1 heterocycles. The molecule has 0 spiro atoms. The number of hydrogen-bond acceptors (Lipinski definition) is 4. The van der Waals surface area contributed by atoms with Crippen LogP contribution < -0.4 is 4.74 Å². The van der Waals surface area contributed by atoms with E-state index in [2.05, 4.69) is 10.2 Å². The fourth-order valence-electron chi connectivity index (χ4n) is 2.20. The predicted octanol–water partition coefficient (Wildman–Crippen LogP) is 1.88. The largest absolute Gasteiger partial charge is 0.497 e. The van der Waals surface area contributed by atoms with E-state index in [4.69, 9.17) is 9.84 Å². The summed E-state index contributed by atoms with van der Waals surface area (Å²) in [6.07, 6.45) is 1.45. The van der Waals surface area contributed by atoms with Gasteiger partial charge in [-0.05, 0) is 24.3 Å². The lowest BCUT2D eigenvalue weighted by molar-refractivity contribution is -0.141. The molecule has 0 saturated heterocycles. The number of H-pyrrole nitrogens is 1. The second-order valence-corrected chi connectivity index (χ2v) is 5.31. The van der Waals surface area contributed by atoms with E-state index in [1.165, 1.54) is 11.1 Å². The molecule has 0 unspecified atom stereocenters. The van der Waals surface area contributed by atoms with Crippen LogP contribution in [0.25, 0.3) is 11.3 Å². The van der Waals surface area contributed by atoms with Crippen LogP contribution in [0.1, 0.15) is 17.3 Å². The molecule has 1 aromatic carbocycles. The number of amides is 1. The molecule has 2 rings (SSSR count). The van der Waals surface area contributed by atoms with Crippen LogP contribution in [0.2, 0.25) is 0 Å². The van der Waals surface area contributed by atoms with Crippen LogP contribution >= 0.6 is 0 Å². The molecule has 7 nitrogen and oxygen atoms in total. The van der Waals surface area contributed by atoms with Gasteiger partial charge in [-0.25, -0.2) is 0 Å². The second-order valence-electron chi connectivity index (χ2n) is 5.31. The Hall–Kier alpha value is -2.83. The lowest BCUT2D eigenvalue weighted by atomic mass is 10.1. The van der Waals surface area contributed by atoms with Gasteiger partial charge in [-0.15, -0.1) is 0 Å². The Morgan fingerprint density at radius 2 is 2.00 bits per heavy atom. The summed E-state index contributed by atoms with van der Waals surface area (Å²) < 4.78 is 5.11. The number of benzene rings is 1. The lowest BCUT2D eigenvalue weighted by Gasteiger charge is -2.19. The van der Waals surface area contributed by atoms with Crippen LogP contribution in [0.15, 0.2) is 30.5 Å². The molecule has 0 radical (unpaired) electrons. The van der Waals surface area contributed by atoms with Gasteiger partial charge in [-0.1, -0.05) is 6.92 Å². The zero-order chi connectivity index (χ0) is 17.0. The number of carbonyl (C=O) groups excluding carboxylic acids is 1. The molecule has 2 N–H and O–H groups in total. The third-order valence-electron chi connectivity index (χ3n) is 3.56. The van der Waals surface area contributed by atoms with Gasteiger partial charge in [0.1, 0.15) is 5.75 Å². The summed E-state index contributed by atoms with van der Waals surface area (Å²) in [5, 5.41) is 15.7. The van der Waals surface area contributed by atoms with Crippen LogP contribution in [0, 0.1) is 5.92 Å². The first-order chi connectivity index (χ1) is 10.9. The zero-order valence-corrected chi connectivity index (χ0v) is 13.2. The Morgan fingerprint density at radius 3 is 2.57 bits per heavy atom. The number of hydrogen-bond donors (Lipinski definition) is 2. The van der Waals surface area contributed by atoms with Crippen molar-refractivity contribution in [2.45, 2.75) is 6.92 Å². The van der Waals surface area contributed by atoms with E-state index in [9.17, 15) is 9.59 Å². The maximum atomic E-state index is 12.5. The summed E-state index contributed by atoms with van der Waals surface area (Å²) in [5.74, 6) is -1.14. The van der Waals surface area contributed by atoms with Gasteiger partial charge in [-0.3, -0.25) is 14.7 Å². The summed E-state index contributed by atoms with van der Waals surface area (Å²) in [5.41, 5.74) is 1.79. The summed E-state index contributed by atoms with van der Waals surface area (Å²) in [4.78, 5) is 24.8. The molecular formula is C16H19N3O4. The Bertz CT molecular complexity index is 694. The van der Waals surface area contributed by atoms with E-state index in [-0.39, 0.29) is 12.5 Å². The number of aromatic nitrogens is 2. The Morgan fingerprint density at radius 1 is 1.35 bits per heavy atom. The van der Waals surface area contributed by atoms with E-state index >= 15 is 0 Å². The van der Waals surface area contributed by atoms with E-state index < -0.39 is 11.9 Å². The van der Waals surface area contributed by atoms with Gasteiger partial charge < -0.3 is 14.7 Å². The van der Waals surface area contributed by atoms with Crippen molar-refractivity contribution in [3.8, 4) is 17.0 Å². The van der Waals surface area contributed by atoms with Gasteiger partial charge in [0.25, 0.3) is 5.91 Å². The van der Waals surface area contributed by atoms with Gasteiger partial charge in [0, 0.05) is 19.2 Å². The molecule has 0 aliphatic rings. The van der Waals surface area contributed by atoms with E-state index in [0.29, 0.717) is 17.0 Å². The number of carboxylic acids is 1. The fourth-order valence-corrected chi connectivity index (χ4v) is 2.20. The Balaban J connectivity index is 2.22. The standard InChI is InChI=1S/C16H19N3O4/c1-10(16(21)22)9-19(2)15(20)13-8-17-18-14(13)11-4-6-12(23-3)7-5-11/h4-8,10H,9H2,1-3H3,(H,17,18)(H,21,22)/t10-/m1/s1. The molecule has 1 amide bonds. The van der Waals surface area contributed by atoms with Gasteiger partial charge in [0.15, 0.2) is 0 Å².